The molecule has 8 heteroatoms. The van der Waals surface area contributed by atoms with Crippen molar-refractivity contribution in [2.45, 2.75) is 32.6 Å². The van der Waals surface area contributed by atoms with Crippen molar-refractivity contribution in [2.24, 2.45) is 0 Å². The van der Waals surface area contributed by atoms with Gasteiger partial charge in [0.2, 0.25) is 0 Å². The number of anilines is 1. The predicted octanol–water partition coefficient (Wildman–Crippen LogP) is 5.12. The molecule has 5 aromatic rings. The number of hydrogen-bond acceptors (Lipinski definition) is 5. The van der Waals surface area contributed by atoms with Crippen LogP contribution in [0, 0.1) is 6.92 Å². The molecular weight excluding hydrogens is 450 g/mol. The lowest BCUT2D eigenvalue weighted by Gasteiger charge is -2.15. The number of nitrogens with zero attached hydrogens (tertiary/aromatic N) is 4. The third-order valence-corrected chi connectivity index (χ3v) is 6.71. The van der Waals surface area contributed by atoms with Gasteiger partial charge in [0.15, 0.2) is 0 Å². The Morgan fingerprint density at radius 3 is 2.86 bits per heavy atom. The van der Waals surface area contributed by atoms with Crippen molar-refractivity contribution in [3.8, 4) is 11.4 Å². The van der Waals surface area contributed by atoms with Gasteiger partial charge in [-0.05, 0) is 49.1 Å². The van der Waals surface area contributed by atoms with Gasteiger partial charge in [0.05, 0.1) is 5.69 Å². The molecule has 182 valence electrons. The monoisotopic (exact) mass is 479 g/mol. The lowest BCUT2D eigenvalue weighted by molar-refractivity contribution is 0.0946. The number of H-pyrrole nitrogens is 1. The quantitative estimate of drug-likeness (QED) is 0.286. The molecule has 4 N–H and O–H groups in total. The fourth-order valence-electron chi connectivity index (χ4n) is 4.72. The topological polar surface area (TPSA) is 114 Å². The second kappa shape index (κ2) is 9.65. The Morgan fingerprint density at radius 1 is 1.25 bits per heavy atom. The van der Waals surface area contributed by atoms with Crippen LogP contribution in [-0.4, -0.2) is 36.8 Å². The highest BCUT2D eigenvalue weighted by Gasteiger charge is 2.23. The summed E-state index contributed by atoms with van der Waals surface area (Å²) in [6, 6.07) is 12.1. The van der Waals surface area contributed by atoms with E-state index in [0.717, 1.165) is 57.6 Å². The minimum absolute atomic E-state index is 0.103. The number of carbonyl (C=O) groups excluding carboxylic acids is 1. The van der Waals surface area contributed by atoms with Crippen LogP contribution in [0.3, 0.4) is 0 Å². The van der Waals surface area contributed by atoms with Gasteiger partial charge in [-0.15, -0.1) is 0 Å². The maximum absolute atomic E-state index is 12.8. The Labute approximate surface area is 209 Å². The number of imidazole rings is 1. The van der Waals surface area contributed by atoms with E-state index in [1.807, 2.05) is 41.8 Å². The Kier molecular flexibility index (Phi) is 6.25. The number of rotatable bonds is 8. The van der Waals surface area contributed by atoms with E-state index in [-0.39, 0.29) is 11.8 Å². The summed E-state index contributed by atoms with van der Waals surface area (Å²) in [5, 5.41) is 4.13. The fourth-order valence-corrected chi connectivity index (χ4v) is 4.72. The van der Waals surface area contributed by atoms with Crippen LogP contribution >= 0.6 is 0 Å². The van der Waals surface area contributed by atoms with E-state index >= 15 is 0 Å². The average molecular weight is 480 g/mol. The average Bonchev–Trinajstić information content (AvgIpc) is 3.49. The molecule has 0 aliphatic heterocycles. The van der Waals surface area contributed by atoms with Gasteiger partial charge in [-0.25, -0.2) is 9.97 Å². The van der Waals surface area contributed by atoms with Crippen LogP contribution in [0.2, 0.25) is 0 Å². The van der Waals surface area contributed by atoms with Crippen molar-refractivity contribution in [3.63, 3.8) is 0 Å². The summed E-state index contributed by atoms with van der Waals surface area (Å²) < 4.78 is 2.03. The SMILES string of the molecule is C=Cc1ccnc(C(=O)NCCC(CC)c2nc(-c3cc4ccccc4[nH]3)c3c(N)nccn23)c1C. The fraction of sp³-hybridized carbons (Fsp3) is 0.214. The van der Waals surface area contributed by atoms with E-state index in [1.165, 1.54) is 0 Å². The van der Waals surface area contributed by atoms with Crippen LogP contribution in [0.4, 0.5) is 5.82 Å². The molecule has 0 aliphatic rings. The number of para-hydroxylation sites is 1. The van der Waals surface area contributed by atoms with E-state index in [4.69, 9.17) is 10.7 Å². The maximum atomic E-state index is 12.8. The first-order valence-electron chi connectivity index (χ1n) is 12.1. The van der Waals surface area contributed by atoms with Gasteiger partial charge >= 0.3 is 0 Å². The summed E-state index contributed by atoms with van der Waals surface area (Å²) in [6.07, 6.45) is 8.53. The summed E-state index contributed by atoms with van der Waals surface area (Å²) in [7, 11) is 0. The third-order valence-electron chi connectivity index (χ3n) is 6.71. The van der Waals surface area contributed by atoms with E-state index in [0.29, 0.717) is 18.1 Å². The minimum atomic E-state index is -0.189. The second-order valence-corrected chi connectivity index (χ2v) is 8.85. The van der Waals surface area contributed by atoms with Gasteiger partial charge in [0.25, 0.3) is 5.91 Å². The molecule has 36 heavy (non-hydrogen) atoms. The van der Waals surface area contributed by atoms with Crippen molar-refractivity contribution >= 4 is 34.2 Å². The molecule has 8 nitrogen and oxygen atoms in total. The van der Waals surface area contributed by atoms with Gasteiger partial charge < -0.3 is 16.0 Å². The van der Waals surface area contributed by atoms with Crippen molar-refractivity contribution in [3.05, 3.63) is 84.2 Å². The number of nitrogens with one attached hydrogen (secondary N) is 2. The zero-order chi connectivity index (χ0) is 25.2. The molecule has 0 aliphatic carbocycles. The second-order valence-electron chi connectivity index (χ2n) is 8.85. The van der Waals surface area contributed by atoms with E-state index in [9.17, 15) is 4.79 Å². The highest BCUT2D eigenvalue weighted by atomic mass is 16.1. The molecule has 0 fully saturated rings. The zero-order valence-electron chi connectivity index (χ0n) is 20.5. The molecule has 1 amide bonds. The molecule has 0 spiro atoms. The number of fused-ring (bicyclic) bond motifs is 2. The first-order chi connectivity index (χ1) is 17.5. The Bertz CT molecular complexity index is 1550. The highest BCUT2D eigenvalue weighted by molar-refractivity contribution is 5.94. The van der Waals surface area contributed by atoms with Crippen LogP contribution in [-0.2, 0) is 0 Å². The molecule has 0 saturated heterocycles. The summed E-state index contributed by atoms with van der Waals surface area (Å²) in [5.41, 5.74) is 12.0. The third kappa shape index (κ3) is 4.11. The number of pyridine rings is 1. The standard InChI is InChI=1S/C28H29N7O/c1-4-18-10-12-30-23(17(18)3)28(36)32-13-11-19(5-2)27-34-24(25-26(29)31-14-15-35(25)27)22-16-20-8-6-7-9-21(20)33-22/h4,6-10,12,14-16,19,33H,1,5,11,13H2,2-3H3,(H2,29,31)(H,32,36). The molecule has 0 saturated carbocycles. The first-order valence-corrected chi connectivity index (χ1v) is 12.1. The normalized spacial score (nSPS) is 12.2. The van der Waals surface area contributed by atoms with Crippen molar-refractivity contribution in [2.75, 3.05) is 12.3 Å². The number of nitrogen functional groups attached to an aromatic ring is 1. The number of carbonyl (C=O) groups is 1. The molecule has 1 atom stereocenters. The summed E-state index contributed by atoms with van der Waals surface area (Å²) in [6.45, 7) is 8.31. The maximum Gasteiger partial charge on any atom is 0.270 e. The molecule has 0 radical (unpaired) electrons. The van der Waals surface area contributed by atoms with Gasteiger partial charge in [0, 0.05) is 42.0 Å². The van der Waals surface area contributed by atoms with E-state index < -0.39 is 0 Å². The van der Waals surface area contributed by atoms with Crippen molar-refractivity contribution < 1.29 is 4.79 Å². The largest absolute Gasteiger partial charge is 0.382 e. The molecular formula is C28H29N7O. The van der Waals surface area contributed by atoms with E-state index in [2.05, 4.69) is 45.9 Å². The van der Waals surface area contributed by atoms with E-state index in [1.54, 1.807) is 18.5 Å². The Morgan fingerprint density at radius 2 is 2.08 bits per heavy atom. The van der Waals surface area contributed by atoms with Crippen LogP contribution in [0.1, 0.15) is 53.1 Å². The van der Waals surface area contributed by atoms with Crippen LogP contribution in [0.25, 0.3) is 33.9 Å². The highest BCUT2D eigenvalue weighted by Crippen LogP contribution is 2.33. The molecule has 4 aromatic heterocycles. The smallest absolute Gasteiger partial charge is 0.270 e. The van der Waals surface area contributed by atoms with Crippen LogP contribution < -0.4 is 11.1 Å². The number of aromatic amines is 1. The number of hydrogen-bond donors (Lipinski definition) is 3. The van der Waals surface area contributed by atoms with Gasteiger partial charge in [0.1, 0.15) is 28.5 Å². The van der Waals surface area contributed by atoms with Gasteiger partial charge in [-0.2, -0.15) is 0 Å². The number of benzene rings is 1. The molecule has 1 unspecified atom stereocenters. The Hall–Kier alpha value is -4.46. The first kappa shape index (κ1) is 23.3. The Balaban J connectivity index is 1.42. The number of nitrogens with two attached hydrogens (primary N) is 1. The molecule has 5 rings (SSSR count). The minimum Gasteiger partial charge on any atom is -0.382 e. The van der Waals surface area contributed by atoms with Gasteiger partial charge in [-0.3, -0.25) is 14.2 Å². The summed E-state index contributed by atoms with van der Waals surface area (Å²) in [4.78, 5) is 29.9. The lowest BCUT2D eigenvalue weighted by Crippen LogP contribution is -2.27. The van der Waals surface area contributed by atoms with Gasteiger partial charge in [-0.1, -0.05) is 37.8 Å². The van der Waals surface area contributed by atoms with Crippen molar-refractivity contribution in [1.29, 1.82) is 0 Å². The molecule has 4 heterocycles. The number of aromatic nitrogens is 5. The van der Waals surface area contributed by atoms with Crippen molar-refractivity contribution in [1.82, 2.24) is 29.7 Å². The number of amides is 1. The van der Waals surface area contributed by atoms with Crippen LogP contribution in [0.5, 0.6) is 0 Å². The molecule has 1 aromatic carbocycles. The zero-order valence-corrected chi connectivity index (χ0v) is 20.5. The predicted molar refractivity (Wildman–Crippen MR) is 144 cm³/mol. The molecule has 0 bridgehead atoms. The summed E-state index contributed by atoms with van der Waals surface area (Å²) in [5.74, 6) is 1.24. The summed E-state index contributed by atoms with van der Waals surface area (Å²) >= 11 is 0. The van der Waals surface area contributed by atoms with Crippen LogP contribution in [0.15, 0.2) is 61.6 Å². The lowest BCUT2D eigenvalue weighted by atomic mass is 10.0.